The second kappa shape index (κ2) is 4.67. The molecule has 20 heavy (non-hydrogen) atoms. The highest BCUT2D eigenvalue weighted by Gasteiger charge is 2.07. The SMILES string of the molecule is Cc1cc2ncn(Cc3cccc(N)c3C)c2cc1C. The van der Waals surface area contributed by atoms with Gasteiger partial charge >= 0.3 is 0 Å². The first kappa shape index (κ1) is 12.7. The molecule has 2 N–H and O–H groups in total. The van der Waals surface area contributed by atoms with Crippen LogP contribution in [-0.4, -0.2) is 9.55 Å². The van der Waals surface area contributed by atoms with E-state index in [1.165, 1.54) is 22.2 Å². The average Bonchev–Trinajstić information content (AvgIpc) is 2.78. The lowest BCUT2D eigenvalue weighted by Gasteiger charge is -2.10. The summed E-state index contributed by atoms with van der Waals surface area (Å²) in [5.74, 6) is 0. The summed E-state index contributed by atoms with van der Waals surface area (Å²) >= 11 is 0. The van der Waals surface area contributed by atoms with Crippen molar-refractivity contribution >= 4 is 16.7 Å². The smallest absolute Gasteiger partial charge is 0.0961 e. The maximum absolute atomic E-state index is 5.98. The molecule has 3 nitrogen and oxygen atoms in total. The second-order valence-corrected chi connectivity index (χ2v) is 5.43. The molecule has 0 spiro atoms. The van der Waals surface area contributed by atoms with Gasteiger partial charge < -0.3 is 10.3 Å². The first-order valence-electron chi connectivity index (χ1n) is 6.82. The van der Waals surface area contributed by atoms with E-state index in [0.717, 1.165) is 23.3 Å². The number of fused-ring (bicyclic) bond motifs is 1. The van der Waals surface area contributed by atoms with E-state index >= 15 is 0 Å². The third-order valence-corrected chi connectivity index (χ3v) is 4.07. The summed E-state index contributed by atoms with van der Waals surface area (Å²) in [6.45, 7) is 7.13. The number of nitrogens with zero attached hydrogens (tertiary/aromatic N) is 2. The summed E-state index contributed by atoms with van der Waals surface area (Å²) in [4.78, 5) is 4.50. The van der Waals surface area contributed by atoms with Crippen LogP contribution < -0.4 is 5.73 Å². The zero-order valence-electron chi connectivity index (χ0n) is 12.1. The topological polar surface area (TPSA) is 43.8 Å². The van der Waals surface area contributed by atoms with Crippen LogP contribution in [0.1, 0.15) is 22.3 Å². The van der Waals surface area contributed by atoms with Crippen LogP contribution >= 0.6 is 0 Å². The van der Waals surface area contributed by atoms with Gasteiger partial charge in [0.1, 0.15) is 0 Å². The number of imidazole rings is 1. The van der Waals surface area contributed by atoms with E-state index in [-0.39, 0.29) is 0 Å². The van der Waals surface area contributed by atoms with Gasteiger partial charge in [-0.1, -0.05) is 12.1 Å². The highest BCUT2D eigenvalue weighted by Crippen LogP contribution is 2.21. The van der Waals surface area contributed by atoms with Crippen molar-refractivity contribution in [1.82, 2.24) is 9.55 Å². The van der Waals surface area contributed by atoms with E-state index < -0.39 is 0 Å². The number of hydrogen-bond acceptors (Lipinski definition) is 2. The summed E-state index contributed by atoms with van der Waals surface area (Å²) in [5, 5.41) is 0. The summed E-state index contributed by atoms with van der Waals surface area (Å²) in [5.41, 5.74) is 14.0. The first-order chi connectivity index (χ1) is 9.56. The molecule has 1 heterocycles. The lowest BCUT2D eigenvalue weighted by Crippen LogP contribution is -2.02. The zero-order valence-corrected chi connectivity index (χ0v) is 12.1. The van der Waals surface area contributed by atoms with Crippen molar-refractivity contribution in [3.05, 3.63) is 58.9 Å². The fraction of sp³-hybridized carbons (Fsp3) is 0.235. The molecule has 0 fully saturated rings. The number of nitrogen functional groups attached to an aromatic ring is 1. The molecule has 0 aliphatic rings. The van der Waals surface area contributed by atoms with Crippen LogP contribution in [0.25, 0.3) is 11.0 Å². The Bertz CT molecular complexity index is 784. The lowest BCUT2D eigenvalue weighted by molar-refractivity contribution is 0.819. The van der Waals surface area contributed by atoms with Gasteiger partial charge in [-0.2, -0.15) is 0 Å². The van der Waals surface area contributed by atoms with Crippen LogP contribution in [0.3, 0.4) is 0 Å². The van der Waals surface area contributed by atoms with Crippen LogP contribution in [0.2, 0.25) is 0 Å². The Morgan fingerprint density at radius 1 is 1.10 bits per heavy atom. The van der Waals surface area contributed by atoms with Crippen LogP contribution in [-0.2, 0) is 6.54 Å². The van der Waals surface area contributed by atoms with Gasteiger partial charge in [-0.15, -0.1) is 0 Å². The third-order valence-electron chi connectivity index (χ3n) is 4.07. The van der Waals surface area contributed by atoms with E-state index in [4.69, 9.17) is 5.73 Å². The molecule has 0 aliphatic heterocycles. The van der Waals surface area contributed by atoms with Crippen molar-refractivity contribution < 1.29 is 0 Å². The molecule has 0 saturated heterocycles. The van der Waals surface area contributed by atoms with Gasteiger partial charge in [0.25, 0.3) is 0 Å². The maximum atomic E-state index is 5.98. The van der Waals surface area contributed by atoms with Gasteiger partial charge in [-0.25, -0.2) is 4.98 Å². The molecule has 0 atom stereocenters. The standard InChI is InChI=1S/C17H19N3/c1-11-7-16-17(8-12(11)2)20(10-19-16)9-14-5-4-6-15(18)13(14)3/h4-8,10H,9,18H2,1-3H3. The van der Waals surface area contributed by atoms with E-state index in [2.05, 4.69) is 48.5 Å². The zero-order chi connectivity index (χ0) is 14.3. The normalized spacial score (nSPS) is 11.2. The fourth-order valence-electron chi connectivity index (χ4n) is 2.50. The van der Waals surface area contributed by atoms with Gasteiger partial charge in [0.15, 0.2) is 0 Å². The Morgan fingerprint density at radius 2 is 1.85 bits per heavy atom. The molecule has 0 radical (unpaired) electrons. The Hall–Kier alpha value is -2.29. The Labute approximate surface area is 119 Å². The number of aromatic nitrogens is 2. The van der Waals surface area contributed by atoms with E-state index in [9.17, 15) is 0 Å². The van der Waals surface area contributed by atoms with E-state index in [0.29, 0.717) is 0 Å². The molecule has 0 bridgehead atoms. The lowest BCUT2D eigenvalue weighted by atomic mass is 10.1. The van der Waals surface area contributed by atoms with Gasteiger partial charge in [-0.05, 0) is 61.2 Å². The van der Waals surface area contributed by atoms with Gasteiger partial charge in [0, 0.05) is 12.2 Å². The molecule has 0 unspecified atom stereocenters. The Morgan fingerprint density at radius 3 is 2.65 bits per heavy atom. The molecular formula is C17H19N3. The summed E-state index contributed by atoms with van der Waals surface area (Å²) in [7, 11) is 0. The monoisotopic (exact) mass is 265 g/mol. The number of nitrogens with two attached hydrogens (primary N) is 1. The third kappa shape index (κ3) is 2.05. The van der Waals surface area contributed by atoms with Crippen LogP contribution in [0.5, 0.6) is 0 Å². The Balaban J connectivity index is 2.07. The minimum Gasteiger partial charge on any atom is -0.399 e. The summed E-state index contributed by atoms with van der Waals surface area (Å²) < 4.78 is 2.18. The molecule has 0 saturated carbocycles. The summed E-state index contributed by atoms with van der Waals surface area (Å²) in [6, 6.07) is 10.4. The minimum atomic E-state index is 0.801. The number of aryl methyl sites for hydroxylation is 2. The number of hydrogen-bond donors (Lipinski definition) is 1. The van der Waals surface area contributed by atoms with Crippen molar-refractivity contribution in [3.8, 4) is 0 Å². The van der Waals surface area contributed by atoms with Gasteiger partial charge in [0.2, 0.25) is 0 Å². The molecule has 3 rings (SSSR count). The highest BCUT2D eigenvalue weighted by molar-refractivity contribution is 5.77. The molecule has 0 amide bonds. The highest BCUT2D eigenvalue weighted by atomic mass is 15.0. The van der Waals surface area contributed by atoms with Crippen molar-refractivity contribution in [3.63, 3.8) is 0 Å². The minimum absolute atomic E-state index is 0.801. The van der Waals surface area contributed by atoms with Crippen LogP contribution in [0, 0.1) is 20.8 Å². The van der Waals surface area contributed by atoms with Crippen molar-refractivity contribution in [2.45, 2.75) is 27.3 Å². The largest absolute Gasteiger partial charge is 0.399 e. The van der Waals surface area contributed by atoms with Crippen LogP contribution in [0.15, 0.2) is 36.7 Å². The number of benzene rings is 2. The average molecular weight is 265 g/mol. The molecule has 3 heteroatoms. The van der Waals surface area contributed by atoms with Crippen molar-refractivity contribution in [2.75, 3.05) is 5.73 Å². The predicted octanol–water partition coefficient (Wildman–Crippen LogP) is 3.59. The number of rotatable bonds is 2. The molecule has 0 aliphatic carbocycles. The van der Waals surface area contributed by atoms with Gasteiger partial charge in [-0.3, -0.25) is 0 Å². The van der Waals surface area contributed by atoms with E-state index in [1.807, 2.05) is 18.5 Å². The summed E-state index contributed by atoms with van der Waals surface area (Å²) in [6.07, 6.45) is 1.91. The second-order valence-electron chi connectivity index (χ2n) is 5.43. The fourth-order valence-corrected chi connectivity index (χ4v) is 2.50. The van der Waals surface area contributed by atoms with Crippen LogP contribution in [0.4, 0.5) is 5.69 Å². The Kier molecular flexibility index (Phi) is 2.97. The molecule has 1 aromatic heterocycles. The molecule has 3 aromatic rings. The molecular weight excluding hydrogens is 246 g/mol. The number of anilines is 1. The van der Waals surface area contributed by atoms with Crippen molar-refractivity contribution in [1.29, 1.82) is 0 Å². The first-order valence-corrected chi connectivity index (χ1v) is 6.82. The molecule has 2 aromatic carbocycles. The predicted molar refractivity (Wildman–Crippen MR) is 83.9 cm³/mol. The molecule has 102 valence electrons. The van der Waals surface area contributed by atoms with Crippen molar-refractivity contribution in [2.24, 2.45) is 0 Å². The van der Waals surface area contributed by atoms with Gasteiger partial charge in [0.05, 0.1) is 17.4 Å². The maximum Gasteiger partial charge on any atom is 0.0961 e. The van der Waals surface area contributed by atoms with E-state index in [1.54, 1.807) is 0 Å². The quantitative estimate of drug-likeness (QED) is 0.720.